The number of ether oxygens (including phenoxy) is 1. The van der Waals surface area contributed by atoms with Crippen LogP contribution in [0.4, 0.5) is 0 Å². The highest BCUT2D eigenvalue weighted by Gasteiger charge is 2.16. The van der Waals surface area contributed by atoms with Crippen molar-refractivity contribution in [1.29, 1.82) is 0 Å². The molecule has 1 aromatic rings. The van der Waals surface area contributed by atoms with E-state index in [1.54, 1.807) is 18.2 Å². The predicted molar refractivity (Wildman–Crippen MR) is 76.9 cm³/mol. The van der Waals surface area contributed by atoms with E-state index in [1.807, 2.05) is 0 Å². The van der Waals surface area contributed by atoms with Gasteiger partial charge in [-0.2, -0.15) is 0 Å². The van der Waals surface area contributed by atoms with Gasteiger partial charge in [-0.25, -0.2) is 4.79 Å². The van der Waals surface area contributed by atoms with Gasteiger partial charge in [0.2, 0.25) is 5.91 Å². The molecule has 7 heteroatoms. The lowest BCUT2D eigenvalue weighted by atomic mass is 10.2. The van der Waals surface area contributed by atoms with Gasteiger partial charge in [0.05, 0.1) is 16.6 Å². The van der Waals surface area contributed by atoms with E-state index in [1.165, 1.54) is 19.3 Å². The van der Waals surface area contributed by atoms with Crippen LogP contribution in [0.15, 0.2) is 24.3 Å². The fourth-order valence-corrected chi connectivity index (χ4v) is 1.71. The minimum Gasteiger partial charge on any atom is -0.479 e. The number of halogens is 2. The van der Waals surface area contributed by atoms with Crippen LogP contribution in [0.5, 0.6) is 0 Å². The van der Waals surface area contributed by atoms with Crippen LogP contribution in [0.25, 0.3) is 6.08 Å². The van der Waals surface area contributed by atoms with E-state index in [0.717, 1.165) is 0 Å². The molecule has 108 valence electrons. The summed E-state index contributed by atoms with van der Waals surface area (Å²) in [7, 11) is 1.26. The smallest absolute Gasteiger partial charge is 0.334 e. The van der Waals surface area contributed by atoms with E-state index in [0.29, 0.717) is 15.6 Å². The van der Waals surface area contributed by atoms with Crippen LogP contribution in [0, 0.1) is 0 Å². The number of hydrogen-bond donors (Lipinski definition) is 2. The molecular weight excluding hydrogens is 305 g/mol. The lowest BCUT2D eigenvalue weighted by Gasteiger charge is -2.10. The van der Waals surface area contributed by atoms with Crippen molar-refractivity contribution in [1.82, 2.24) is 5.32 Å². The molecular formula is C13H13Cl2NO4. The number of aliphatic carboxylic acids is 1. The number of methoxy groups -OCH3 is 1. The second kappa shape index (κ2) is 7.89. The van der Waals surface area contributed by atoms with Crippen LogP contribution in [-0.4, -0.2) is 36.7 Å². The number of hydrogen-bond acceptors (Lipinski definition) is 3. The molecule has 0 aliphatic rings. The molecule has 20 heavy (non-hydrogen) atoms. The highest BCUT2D eigenvalue weighted by Crippen LogP contribution is 2.26. The molecule has 0 aliphatic carbocycles. The largest absolute Gasteiger partial charge is 0.479 e. The number of carboxylic acids is 1. The molecule has 0 radical (unpaired) electrons. The van der Waals surface area contributed by atoms with Crippen molar-refractivity contribution in [3.63, 3.8) is 0 Å². The first-order chi connectivity index (χ1) is 9.45. The third-order valence-electron chi connectivity index (χ3n) is 2.42. The summed E-state index contributed by atoms with van der Waals surface area (Å²) in [6.45, 7) is -0.127. The Kier molecular flexibility index (Phi) is 6.51. The first kappa shape index (κ1) is 16.5. The molecule has 1 aromatic carbocycles. The zero-order chi connectivity index (χ0) is 15.1. The molecule has 0 spiro atoms. The monoisotopic (exact) mass is 317 g/mol. The fourth-order valence-electron chi connectivity index (χ4n) is 1.34. The number of amides is 1. The van der Waals surface area contributed by atoms with Crippen molar-refractivity contribution >= 4 is 41.2 Å². The average Bonchev–Trinajstić information content (AvgIpc) is 2.40. The molecule has 1 unspecified atom stereocenters. The highest BCUT2D eigenvalue weighted by molar-refractivity contribution is 6.42. The summed E-state index contributed by atoms with van der Waals surface area (Å²) in [5, 5.41) is 11.9. The fraction of sp³-hybridized carbons (Fsp3) is 0.231. The first-order valence-electron chi connectivity index (χ1n) is 5.61. The molecule has 1 atom stereocenters. The second-order valence-electron chi connectivity index (χ2n) is 3.78. The van der Waals surface area contributed by atoms with Gasteiger partial charge in [-0.1, -0.05) is 35.3 Å². The number of nitrogens with one attached hydrogen (secondary N) is 1. The van der Waals surface area contributed by atoms with Crippen molar-refractivity contribution in [2.75, 3.05) is 13.7 Å². The van der Waals surface area contributed by atoms with Crippen molar-refractivity contribution in [3.8, 4) is 0 Å². The summed E-state index contributed by atoms with van der Waals surface area (Å²) in [4.78, 5) is 22.2. The van der Waals surface area contributed by atoms with Gasteiger partial charge < -0.3 is 15.2 Å². The van der Waals surface area contributed by atoms with Gasteiger partial charge in [0, 0.05) is 13.2 Å². The van der Waals surface area contributed by atoms with Gasteiger partial charge >= 0.3 is 5.97 Å². The van der Waals surface area contributed by atoms with E-state index in [4.69, 9.17) is 28.3 Å². The van der Waals surface area contributed by atoms with Crippen molar-refractivity contribution in [2.45, 2.75) is 6.10 Å². The molecule has 0 saturated heterocycles. The Morgan fingerprint density at radius 3 is 2.75 bits per heavy atom. The maximum atomic E-state index is 11.5. The van der Waals surface area contributed by atoms with Gasteiger partial charge in [0.15, 0.2) is 6.10 Å². The van der Waals surface area contributed by atoms with Gasteiger partial charge in [-0.3, -0.25) is 4.79 Å². The van der Waals surface area contributed by atoms with Crippen LogP contribution >= 0.6 is 23.2 Å². The summed E-state index contributed by atoms with van der Waals surface area (Å²) in [5.74, 6) is -1.60. The zero-order valence-electron chi connectivity index (χ0n) is 10.6. The molecule has 5 nitrogen and oxygen atoms in total. The summed E-state index contributed by atoms with van der Waals surface area (Å²) in [6, 6.07) is 5.04. The quantitative estimate of drug-likeness (QED) is 0.789. The summed E-state index contributed by atoms with van der Waals surface area (Å²) in [6.07, 6.45) is 1.65. The Bertz CT molecular complexity index is 531. The molecule has 0 aromatic heterocycles. The SMILES string of the molecule is COC(CNC(=O)/C=C/c1cccc(Cl)c1Cl)C(=O)O. The highest BCUT2D eigenvalue weighted by atomic mass is 35.5. The maximum absolute atomic E-state index is 11.5. The Morgan fingerprint density at radius 2 is 2.15 bits per heavy atom. The predicted octanol–water partition coefficient (Wildman–Crippen LogP) is 2.22. The number of carbonyl (C=O) groups excluding carboxylic acids is 1. The van der Waals surface area contributed by atoms with Crippen LogP contribution in [-0.2, 0) is 14.3 Å². The third kappa shape index (κ3) is 4.85. The molecule has 0 saturated carbocycles. The lowest BCUT2D eigenvalue weighted by molar-refractivity contribution is -0.148. The van der Waals surface area contributed by atoms with Crippen molar-refractivity contribution in [2.24, 2.45) is 0 Å². The zero-order valence-corrected chi connectivity index (χ0v) is 12.1. The molecule has 1 rings (SSSR count). The molecule has 0 heterocycles. The normalized spacial score (nSPS) is 12.3. The number of benzene rings is 1. The van der Waals surface area contributed by atoms with Crippen LogP contribution in [0.3, 0.4) is 0 Å². The minimum atomic E-state index is -1.14. The van der Waals surface area contributed by atoms with E-state index in [2.05, 4.69) is 10.1 Å². The number of carbonyl (C=O) groups is 2. The molecule has 0 fully saturated rings. The van der Waals surface area contributed by atoms with Crippen LogP contribution in [0.2, 0.25) is 10.0 Å². The third-order valence-corrected chi connectivity index (χ3v) is 3.25. The van der Waals surface area contributed by atoms with E-state index in [9.17, 15) is 9.59 Å². The second-order valence-corrected chi connectivity index (χ2v) is 4.57. The van der Waals surface area contributed by atoms with E-state index < -0.39 is 18.0 Å². The van der Waals surface area contributed by atoms with E-state index in [-0.39, 0.29) is 6.54 Å². The van der Waals surface area contributed by atoms with Gasteiger partial charge in [0.25, 0.3) is 0 Å². The summed E-state index contributed by atoms with van der Waals surface area (Å²) >= 11 is 11.8. The van der Waals surface area contributed by atoms with E-state index >= 15 is 0 Å². The van der Waals surface area contributed by atoms with Gasteiger partial charge in [-0.05, 0) is 17.7 Å². The Labute approximate surface area is 126 Å². The molecule has 0 bridgehead atoms. The Hall–Kier alpha value is -1.56. The maximum Gasteiger partial charge on any atom is 0.334 e. The van der Waals surface area contributed by atoms with Crippen LogP contribution < -0.4 is 5.32 Å². The number of rotatable bonds is 6. The summed E-state index contributed by atoms with van der Waals surface area (Å²) < 4.78 is 4.68. The number of carboxylic acid groups (broad SMARTS) is 1. The van der Waals surface area contributed by atoms with Gasteiger partial charge in [0.1, 0.15) is 0 Å². The standard InChI is InChI=1S/C13H13Cl2NO4/c1-20-10(13(18)19)7-16-11(17)6-5-8-3-2-4-9(14)12(8)15/h2-6,10H,7H2,1H3,(H,16,17)(H,18,19)/b6-5+. The lowest BCUT2D eigenvalue weighted by Crippen LogP contribution is -2.37. The topological polar surface area (TPSA) is 75.6 Å². The molecule has 0 aliphatic heterocycles. The van der Waals surface area contributed by atoms with Crippen molar-refractivity contribution < 1.29 is 19.4 Å². The first-order valence-corrected chi connectivity index (χ1v) is 6.36. The molecule has 1 amide bonds. The molecule has 2 N–H and O–H groups in total. The minimum absolute atomic E-state index is 0.127. The van der Waals surface area contributed by atoms with Crippen LogP contribution in [0.1, 0.15) is 5.56 Å². The Morgan fingerprint density at radius 1 is 1.45 bits per heavy atom. The average molecular weight is 318 g/mol. The Balaban J connectivity index is 2.60. The van der Waals surface area contributed by atoms with Crippen molar-refractivity contribution in [3.05, 3.63) is 39.9 Å². The van der Waals surface area contributed by atoms with Gasteiger partial charge in [-0.15, -0.1) is 0 Å². The summed E-state index contributed by atoms with van der Waals surface area (Å²) in [5.41, 5.74) is 0.593.